The van der Waals surface area contributed by atoms with Gasteiger partial charge in [-0.2, -0.15) is 18.3 Å². The molecule has 18 heteroatoms. The molecule has 0 saturated carbocycles. The van der Waals surface area contributed by atoms with Gasteiger partial charge in [0.15, 0.2) is 11.7 Å². The number of amides is 1. The summed E-state index contributed by atoms with van der Waals surface area (Å²) in [5.41, 5.74) is 0.494. The number of carbonyl (C=O) groups excluding carboxylic acids is 2. The van der Waals surface area contributed by atoms with E-state index in [-0.39, 0.29) is 40.8 Å². The number of aromatic nitrogens is 2. The van der Waals surface area contributed by atoms with E-state index in [1.165, 1.54) is 12.1 Å². The van der Waals surface area contributed by atoms with Crippen LogP contribution in [0.4, 0.5) is 18.0 Å². The van der Waals surface area contributed by atoms with E-state index in [1.54, 1.807) is 31.2 Å². The molecule has 4 rings (SSSR count). The number of benzene rings is 2. The zero-order chi connectivity index (χ0) is 31.4. The topological polar surface area (TPSA) is 167 Å². The third-order valence-electron chi connectivity index (χ3n) is 6.11. The van der Waals surface area contributed by atoms with Gasteiger partial charge in [0.25, 0.3) is 22.7 Å². The van der Waals surface area contributed by atoms with E-state index >= 15 is 0 Å². The molecule has 1 aromatic heterocycles. The Morgan fingerprint density at radius 1 is 1.14 bits per heavy atom. The fraction of sp³-hybridized carbons (Fsp3) is 0.320. The first-order chi connectivity index (χ1) is 20.3. The highest BCUT2D eigenvalue weighted by molar-refractivity contribution is 7.90. The number of sulfonamides is 1. The zero-order valence-corrected chi connectivity index (χ0v) is 23.5. The van der Waals surface area contributed by atoms with Gasteiger partial charge in [0, 0.05) is 12.0 Å². The van der Waals surface area contributed by atoms with Crippen molar-refractivity contribution in [3.05, 3.63) is 71.1 Å². The Kier molecular flexibility index (Phi) is 9.07. The lowest BCUT2D eigenvalue weighted by atomic mass is 10.1. The Labute approximate surface area is 242 Å². The van der Waals surface area contributed by atoms with Gasteiger partial charge in [-0.1, -0.05) is 29.8 Å². The Hall–Kier alpha value is -4.87. The molecule has 1 saturated heterocycles. The molecular weight excluding hydrogens is 601 g/mol. The molecule has 0 aliphatic carbocycles. The lowest BCUT2D eigenvalue weighted by Crippen LogP contribution is -2.59. The predicted octanol–water partition coefficient (Wildman–Crippen LogP) is 3.69. The molecule has 1 fully saturated rings. The predicted molar refractivity (Wildman–Crippen MR) is 139 cm³/mol. The zero-order valence-electron chi connectivity index (χ0n) is 22.6. The normalized spacial score (nSPS) is 15.4. The van der Waals surface area contributed by atoms with E-state index < -0.39 is 46.8 Å². The minimum Gasteiger partial charge on any atom is -0.569 e. The first kappa shape index (κ1) is 31.1. The van der Waals surface area contributed by atoms with Crippen LogP contribution in [0.2, 0.25) is 0 Å². The Bertz CT molecular complexity index is 1610. The third-order valence-corrected chi connectivity index (χ3v) is 7.47. The van der Waals surface area contributed by atoms with Gasteiger partial charge in [0.05, 0.1) is 34.4 Å². The van der Waals surface area contributed by atoms with E-state index in [0.29, 0.717) is 5.56 Å². The summed E-state index contributed by atoms with van der Waals surface area (Å²) in [6.45, 7) is 2.75. The Morgan fingerprint density at radius 2 is 1.81 bits per heavy atom. The molecule has 2 aromatic carbocycles. The van der Waals surface area contributed by atoms with Crippen LogP contribution in [0.3, 0.4) is 0 Å². The van der Waals surface area contributed by atoms with Crippen molar-refractivity contribution in [3.63, 3.8) is 0 Å². The van der Waals surface area contributed by atoms with Crippen molar-refractivity contribution in [2.75, 3.05) is 19.9 Å². The van der Waals surface area contributed by atoms with Gasteiger partial charge in [-0.05, 0) is 44.2 Å². The van der Waals surface area contributed by atoms with E-state index in [0.717, 1.165) is 33.5 Å². The van der Waals surface area contributed by atoms with Crippen LogP contribution in [0.25, 0.3) is 16.9 Å². The number of halogens is 3. The second-order valence-corrected chi connectivity index (χ2v) is 10.7. The average molecular weight is 627 g/mol. The van der Waals surface area contributed by atoms with Crippen molar-refractivity contribution in [2.45, 2.75) is 37.4 Å². The summed E-state index contributed by atoms with van der Waals surface area (Å²) in [7, 11) is -4.44. The Balaban J connectivity index is 1.46. The first-order valence-electron chi connectivity index (χ1n) is 12.6. The van der Waals surface area contributed by atoms with Gasteiger partial charge in [0.2, 0.25) is 5.28 Å². The summed E-state index contributed by atoms with van der Waals surface area (Å²) in [5.74, 6) is -1.03. The summed E-state index contributed by atoms with van der Waals surface area (Å²) < 4.78 is 78.0. The quantitative estimate of drug-likeness (QED) is 0.0875. The van der Waals surface area contributed by atoms with Gasteiger partial charge in [-0.25, -0.2) is 22.6 Å². The van der Waals surface area contributed by atoms with Crippen LogP contribution in [0, 0.1) is 12.1 Å². The van der Waals surface area contributed by atoms with Gasteiger partial charge >= 0.3 is 12.3 Å². The van der Waals surface area contributed by atoms with Crippen molar-refractivity contribution >= 4 is 22.1 Å². The average Bonchev–Trinajstić information content (AvgIpc) is 3.37. The van der Waals surface area contributed by atoms with Crippen LogP contribution in [0.5, 0.6) is 0 Å². The largest absolute Gasteiger partial charge is 0.569 e. The van der Waals surface area contributed by atoms with E-state index in [2.05, 4.69) is 24.7 Å². The minimum absolute atomic E-state index is 0.0506. The molecule has 230 valence electrons. The van der Waals surface area contributed by atoms with Crippen LogP contribution < -0.4 is 4.72 Å². The molecule has 14 nitrogen and oxygen atoms in total. The number of aryl methyl sites for hydroxylation is 1. The molecule has 43 heavy (non-hydrogen) atoms. The molecule has 1 N–H and O–H groups in total. The van der Waals surface area contributed by atoms with Crippen LogP contribution in [0.15, 0.2) is 64.8 Å². The van der Waals surface area contributed by atoms with E-state index in [1.807, 2.05) is 11.6 Å². The smallest absolute Gasteiger partial charge is 0.511 e. The number of rotatable bonds is 10. The van der Waals surface area contributed by atoms with Crippen LogP contribution in [-0.2, 0) is 35.3 Å². The molecule has 1 aliphatic heterocycles. The van der Waals surface area contributed by atoms with Crippen molar-refractivity contribution in [2.24, 2.45) is 5.28 Å². The number of alkyl halides is 3. The molecule has 1 amide bonds. The SMILES string of the molecule is CCOC(=O)OCO/N=[N+](/[O-])N1CC[C@H]1C(=O)NS(=O)(=O)c1ccc(-n2nc(C(F)(F)F)cc2-c2ccc(C)cc2)cc1. The van der Waals surface area contributed by atoms with Gasteiger partial charge in [-0.3, -0.25) is 4.79 Å². The number of hydrogen-bond acceptors (Lipinski definition) is 10. The van der Waals surface area contributed by atoms with Crippen molar-refractivity contribution in [3.8, 4) is 16.9 Å². The number of nitrogens with one attached hydrogen (secondary N) is 1. The summed E-state index contributed by atoms with van der Waals surface area (Å²) in [5, 5.41) is 19.8. The first-order valence-corrected chi connectivity index (χ1v) is 14.1. The molecule has 0 unspecified atom stereocenters. The second-order valence-electron chi connectivity index (χ2n) is 9.03. The summed E-state index contributed by atoms with van der Waals surface area (Å²) in [4.78, 5) is 27.8. The van der Waals surface area contributed by atoms with E-state index in [9.17, 15) is 36.4 Å². The molecule has 1 aliphatic rings. The number of hydrogen-bond donors (Lipinski definition) is 1. The number of ether oxygens (including phenoxy) is 2. The number of carbonyl (C=O) groups is 2. The highest BCUT2D eigenvalue weighted by atomic mass is 32.2. The lowest BCUT2D eigenvalue weighted by Gasteiger charge is -2.33. The van der Waals surface area contributed by atoms with Crippen molar-refractivity contribution in [1.29, 1.82) is 0 Å². The number of nitrogens with zero attached hydrogens (tertiary/aromatic N) is 5. The molecule has 3 aromatic rings. The van der Waals surface area contributed by atoms with Crippen LogP contribution >= 0.6 is 0 Å². The van der Waals surface area contributed by atoms with E-state index in [4.69, 9.17) is 0 Å². The standard InChI is InChI=1S/C25H25F3N6O8S/c1-3-40-24(36)41-15-42-31-34(37)32-13-12-20(32)23(35)30-43(38,39)19-10-8-18(9-11-19)33-21(14-22(29-33)25(26,27)28)17-6-4-16(2)5-7-17/h4-11,14,20H,3,12-13,15H2,1-2H3,(H,30,35)/b34-31+/t20-/m0/s1. The maximum atomic E-state index is 13.5. The fourth-order valence-electron chi connectivity index (χ4n) is 3.87. The highest BCUT2D eigenvalue weighted by Gasteiger charge is 2.42. The van der Waals surface area contributed by atoms with Gasteiger partial charge in [0.1, 0.15) is 0 Å². The maximum absolute atomic E-state index is 13.5. The molecule has 1 atom stereocenters. The maximum Gasteiger partial charge on any atom is 0.511 e. The monoisotopic (exact) mass is 626 g/mol. The summed E-state index contributed by atoms with van der Waals surface area (Å²) >= 11 is 0. The minimum atomic E-state index is -4.72. The highest BCUT2D eigenvalue weighted by Crippen LogP contribution is 2.33. The molecule has 2 heterocycles. The number of hydrazine groups is 1. The second kappa shape index (κ2) is 12.6. The van der Waals surface area contributed by atoms with Crippen molar-refractivity contribution in [1.82, 2.24) is 19.5 Å². The Morgan fingerprint density at radius 3 is 2.40 bits per heavy atom. The fourth-order valence-corrected chi connectivity index (χ4v) is 4.88. The van der Waals surface area contributed by atoms with Crippen molar-refractivity contribution < 1.29 is 50.5 Å². The van der Waals surface area contributed by atoms with Crippen LogP contribution in [0.1, 0.15) is 24.6 Å². The lowest BCUT2D eigenvalue weighted by molar-refractivity contribution is -0.729. The molecule has 0 radical (unpaired) electrons. The van der Waals surface area contributed by atoms with Gasteiger partial charge < -0.3 is 19.5 Å². The van der Waals surface area contributed by atoms with Gasteiger partial charge in [-0.15, -0.1) is 5.01 Å². The summed E-state index contributed by atoms with van der Waals surface area (Å²) in [6, 6.07) is 11.1. The third kappa shape index (κ3) is 7.32. The van der Waals surface area contributed by atoms with Crippen LogP contribution in [-0.4, -0.2) is 66.2 Å². The molecule has 0 spiro atoms. The molecule has 0 bridgehead atoms. The molecular formula is C25H25F3N6O8S. The summed E-state index contributed by atoms with van der Waals surface area (Å²) in [6.07, 6.45) is -5.64.